The molecule has 0 bridgehead atoms. The Morgan fingerprint density at radius 3 is 2.73 bits per heavy atom. The number of halogens is 3. The largest absolute Gasteiger partial charge is 0.451 e. The Bertz CT molecular complexity index is 1200. The highest BCUT2D eigenvalue weighted by molar-refractivity contribution is 6.07. The van der Waals surface area contributed by atoms with E-state index in [1.807, 2.05) is 0 Å². The number of nitrogens with one attached hydrogen (secondary N) is 1. The normalized spacial score (nSPS) is 11.7. The summed E-state index contributed by atoms with van der Waals surface area (Å²) in [5, 5.41) is 7.13. The summed E-state index contributed by atoms with van der Waals surface area (Å²) in [7, 11) is 1.47. The molecular weight excluding hydrogens is 401 g/mol. The number of benzene rings is 2. The molecular formula is C20H15F3N4O3. The van der Waals surface area contributed by atoms with Crippen LogP contribution in [0.4, 0.5) is 18.9 Å². The smallest absolute Gasteiger partial charge is 0.416 e. The highest BCUT2D eigenvalue weighted by Gasteiger charge is 2.32. The fourth-order valence-electron chi connectivity index (χ4n) is 3.09. The molecule has 0 saturated carbocycles. The minimum Gasteiger partial charge on any atom is -0.451 e. The van der Waals surface area contributed by atoms with Gasteiger partial charge in [0.15, 0.2) is 5.76 Å². The van der Waals surface area contributed by atoms with Gasteiger partial charge >= 0.3 is 6.18 Å². The molecule has 0 aliphatic heterocycles. The zero-order valence-corrected chi connectivity index (χ0v) is 15.6. The van der Waals surface area contributed by atoms with Crippen LogP contribution in [0.5, 0.6) is 0 Å². The van der Waals surface area contributed by atoms with Gasteiger partial charge in [0.2, 0.25) is 0 Å². The molecule has 7 nitrogen and oxygen atoms in total. The Hall–Kier alpha value is -3.66. The third-order valence-electron chi connectivity index (χ3n) is 4.43. The van der Waals surface area contributed by atoms with Crippen LogP contribution >= 0.6 is 0 Å². The molecule has 1 amide bonds. The Morgan fingerprint density at radius 2 is 2.03 bits per heavy atom. The van der Waals surface area contributed by atoms with Gasteiger partial charge in [0.05, 0.1) is 23.5 Å². The van der Waals surface area contributed by atoms with Crippen molar-refractivity contribution in [2.45, 2.75) is 12.8 Å². The van der Waals surface area contributed by atoms with Gasteiger partial charge in [-0.3, -0.25) is 4.79 Å². The van der Waals surface area contributed by atoms with Gasteiger partial charge in [-0.1, -0.05) is 18.2 Å². The van der Waals surface area contributed by atoms with Crippen LogP contribution in [0.2, 0.25) is 0 Å². The van der Waals surface area contributed by atoms with E-state index >= 15 is 0 Å². The summed E-state index contributed by atoms with van der Waals surface area (Å²) in [6.07, 6.45) is -2.03. The second kappa shape index (κ2) is 7.64. The first-order valence-electron chi connectivity index (χ1n) is 8.75. The number of para-hydroxylation sites is 1. The van der Waals surface area contributed by atoms with Gasteiger partial charge in [-0.25, -0.2) is 9.67 Å². The van der Waals surface area contributed by atoms with E-state index < -0.39 is 17.6 Å². The highest BCUT2D eigenvalue weighted by Crippen LogP contribution is 2.34. The van der Waals surface area contributed by atoms with Crippen LogP contribution in [0.25, 0.3) is 16.7 Å². The molecule has 154 valence electrons. The number of hydrogen-bond acceptors (Lipinski definition) is 5. The van der Waals surface area contributed by atoms with Crippen molar-refractivity contribution < 1.29 is 27.1 Å². The SMILES string of the molecule is COCc1c(C(=O)Nc2cc(C(F)(F)F)ccc2-n2cncn2)oc2ccccc12. The van der Waals surface area contributed by atoms with E-state index in [9.17, 15) is 18.0 Å². The van der Waals surface area contributed by atoms with Gasteiger partial charge in [-0.2, -0.15) is 18.3 Å². The Labute approximate surface area is 168 Å². The average Bonchev–Trinajstić information content (AvgIpc) is 3.36. The Kier molecular flexibility index (Phi) is 5.00. The van der Waals surface area contributed by atoms with E-state index in [2.05, 4.69) is 15.4 Å². The van der Waals surface area contributed by atoms with Gasteiger partial charge in [0.1, 0.15) is 18.2 Å². The third-order valence-corrected chi connectivity index (χ3v) is 4.43. The summed E-state index contributed by atoms with van der Waals surface area (Å²) in [6, 6.07) is 9.96. The third kappa shape index (κ3) is 3.64. The van der Waals surface area contributed by atoms with E-state index in [0.717, 1.165) is 12.1 Å². The van der Waals surface area contributed by atoms with Gasteiger partial charge in [0.25, 0.3) is 5.91 Å². The van der Waals surface area contributed by atoms with Crippen molar-refractivity contribution in [3.63, 3.8) is 0 Å². The quantitative estimate of drug-likeness (QED) is 0.521. The molecule has 2 aromatic heterocycles. The first-order chi connectivity index (χ1) is 14.4. The molecule has 0 atom stereocenters. The summed E-state index contributed by atoms with van der Waals surface area (Å²) >= 11 is 0. The molecule has 10 heteroatoms. The minimum absolute atomic E-state index is 0.0417. The molecule has 0 fully saturated rings. The topological polar surface area (TPSA) is 82.2 Å². The molecule has 0 unspecified atom stereocenters. The maximum atomic E-state index is 13.2. The lowest BCUT2D eigenvalue weighted by molar-refractivity contribution is -0.137. The predicted molar refractivity (Wildman–Crippen MR) is 101 cm³/mol. The number of aromatic nitrogens is 3. The fourth-order valence-corrected chi connectivity index (χ4v) is 3.09. The number of furan rings is 1. The van der Waals surface area contributed by atoms with Crippen molar-refractivity contribution in [3.8, 4) is 5.69 Å². The van der Waals surface area contributed by atoms with Crippen LogP contribution in [0.3, 0.4) is 0 Å². The van der Waals surface area contributed by atoms with Gasteiger partial charge < -0.3 is 14.5 Å². The number of nitrogens with zero attached hydrogens (tertiary/aromatic N) is 3. The molecule has 4 rings (SSSR count). The number of carbonyl (C=O) groups excluding carboxylic acids is 1. The summed E-state index contributed by atoms with van der Waals surface area (Å²) in [4.78, 5) is 16.8. The molecule has 0 saturated heterocycles. The molecule has 2 aromatic carbocycles. The monoisotopic (exact) mass is 416 g/mol. The lowest BCUT2D eigenvalue weighted by Crippen LogP contribution is -2.16. The molecule has 0 spiro atoms. The van der Waals surface area contributed by atoms with Crippen LogP contribution in [-0.4, -0.2) is 27.8 Å². The maximum Gasteiger partial charge on any atom is 0.416 e. The molecule has 4 aromatic rings. The minimum atomic E-state index is -4.58. The van der Waals surface area contributed by atoms with Crippen molar-refractivity contribution in [1.29, 1.82) is 0 Å². The molecule has 0 radical (unpaired) electrons. The summed E-state index contributed by atoms with van der Waals surface area (Å²) in [5.74, 6) is -0.751. The zero-order valence-electron chi connectivity index (χ0n) is 15.6. The molecule has 1 N–H and O–H groups in total. The average molecular weight is 416 g/mol. The molecule has 0 aliphatic carbocycles. The van der Waals surface area contributed by atoms with Crippen LogP contribution in [-0.2, 0) is 17.5 Å². The molecule has 2 heterocycles. The summed E-state index contributed by atoms with van der Waals surface area (Å²) in [5.41, 5.74) is 0.181. The first-order valence-corrected chi connectivity index (χ1v) is 8.75. The number of alkyl halides is 3. The van der Waals surface area contributed by atoms with Gasteiger partial charge in [0, 0.05) is 18.1 Å². The van der Waals surface area contributed by atoms with Gasteiger partial charge in [-0.05, 0) is 24.3 Å². The Morgan fingerprint density at radius 1 is 1.23 bits per heavy atom. The van der Waals surface area contributed by atoms with Gasteiger partial charge in [-0.15, -0.1) is 0 Å². The number of hydrogen-bond donors (Lipinski definition) is 1. The summed E-state index contributed by atoms with van der Waals surface area (Å²) < 4.78 is 51.8. The first kappa shape index (κ1) is 19.6. The van der Waals surface area contributed by atoms with Crippen molar-refractivity contribution in [2.24, 2.45) is 0 Å². The number of amides is 1. The second-order valence-corrected chi connectivity index (χ2v) is 6.36. The lowest BCUT2D eigenvalue weighted by Gasteiger charge is -2.14. The second-order valence-electron chi connectivity index (χ2n) is 6.36. The number of fused-ring (bicyclic) bond motifs is 1. The van der Waals surface area contributed by atoms with Crippen LogP contribution in [0.15, 0.2) is 59.5 Å². The van der Waals surface area contributed by atoms with Crippen molar-refractivity contribution in [3.05, 3.63) is 72.0 Å². The maximum absolute atomic E-state index is 13.2. The van der Waals surface area contributed by atoms with Crippen LogP contribution in [0, 0.1) is 0 Å². The number of methoxy groups -OCH3 is 1. The highest BCUT2D eigenvalue weighted by atomic mass is 19.4. The van der Waals surface area contributed by atoms with Crippen molar-refractivity contribution in [1.82, 2.24) is 14.8 Å². The number of rotatable bonds is 5. The number of anilines is 1. The fraction of sp³-hybridized carbons (Fsp3) is 0.150. The predicted octanol–water partition coefficient (Wildman–Crippen LogP) is 4.43. The van der Waals surface area contributed by atoms with Crippen LogP contribution < -0.4 is 5.32 Å². The van der Waals surface area contributed by atoms with E-state index in [0.29, 0.717) is 16.5 Å². The lowest BCUT2D eigenvalue weighted by atomic mass is 10.1. The zero-order chi connectivity index (χ0) is 21.3. The standard InChI is InChI=1S/C20H15F3N4O3/c1-29-9-14-13-4-2-3-5-17(13)30-18(14)19(28)26-15-8-12(20(21,22)23)6-7-16(15)27-11-24-10-25-27/h2-8,10-11H,9H2,1H3,(H,26,28). The summed E-state index contributed by atoms with van der Waals surface area (Å²) in [6.45, 7) is 0.0955. The van der Waals surface area contributed by atoms with E-state index in [4.69, 9.17) is 9.15 Å². The van der Waals surface area contributed by atoms with Crippen LogP contribution in [0.1, 0.15) is 21.7 Å². The number of ether oxygens (including phenoxy) is 1. The van der Waals surface area contributed by atoms with Crippen molar-refractivity contribution in [2.75, 3.05) is 12.4 Å². The number of carbonyl (C=O) groups is 1. The Balaban J connectivity index is 1.78. The van der Waals surface area contributed by atoms with E-state index in [1.165, 1.54) is 30.5 Å². The van der Waals surface area contributed by atoms with E-state index in [1.54, 1.807) is 24.3 Å². The van der Waals surface area contributed by atoms with E-state index in [-0.39, 0.29) is 23.7 Å². The van der Waals surface area contributed by atoms with Crippen molar-refractivity contribution >= 4 is 22.6 Å². The molecule has 30 heavy (non-hydrogen) atoms. The molecule has 0 aliphatic rings.